The molecular formula is C9H17NO. The summed E-state index contributed by atoms with van der Waals surface area (Å²) >= 11 is 0. The average molecular weight is 155 g/mol. The number of hydrogen-bond acceptors (Lipinski definition) is 2. The highest BCUT2D eigenvalue weighted by Gasteiger charge is 2.06. The van der Waals surface area contributed by atoms with E-state index < -0.39 is 0 Å². The molecule has 0 heterocycles. The monoisotopic (exact) mass is 155 g/mol. The molecule has 0 aliphatic heterocycles. The molecule has 0 amide bonds. The quantitative estimate of drug-likeness (QED) is 0.456. The zero-order valence-electron chi connectivity index (χ0n) is 7.79. The molecule has 0 aromatic carbocycles. The molecule has 0 aliphatic rings. The van der Waals surface area contributed by atoms with Crippen molar-refractivity contribution in [1.29, 1.82) is 0 Å². The Labute approximate surface area is 69.1 Å². The summed E-state index contributed by atoms with van der Waals surface area (Å²) in [5, 5.41) is 1.74. The number of hydroxylamine groups is 2. The molecule has 0 aromatic heterocycles. The molecule has 0 saturated heterocycles. The van der Waals surface area contributed by atoms with Crippen molar-refractivity contribution in [3.63, 3.8) is 0 Å². The van der Waals surface area contributed by atoms with E-state index in [-0.39, 0.29) is 0 Å². The Bertz CT molecular complexity index is 150. The average Bonchev–Trinajstić information content (AvgIpc) is 1.98. The van der Waals surface area contributed by atoms with Crippen LogP contribution >= 0.6 is 0 Å². The van der Waals surface area contributed by atoms with Crippen molar-refractivity contribution in [2.24, 2.45) is 5.92 Å². The van der Waals surface area contributed by atoms with Gasteiger partial charge in [0.1, 0.15) is 0 Å². The third kappa shape index (κ3) is 3.23. The van der Waals surface area contributed by atoms with Crippen LogP contribution in [0.15, 0.2) is 24.4 Å². The molecular weight excluding hydrogens is 138 g/mol. The molecule has 2 heteroatoms. The van der Waals surface area contributed by atoms with E-state index in [4.69, 9.17) is 4.84 Å². The summed E-state index contributed by atoms with van der Waals surface area (Å²) < 4.78 is 0. The predicted molar refractivity (Wildman–Crippen MR) is 47.9 cm³/mol. The highest BCUT2D eigenvalue weighted by Crippen LogP contribution is 2.12. The SMILES string of the molecule is C=C/C=C(/C(C)C)N(C)OC. The Morgan fingerprint density at radius 3 is 2.36 bits per heavy atom. The molecule has 64 valence electrons. The lowest BCUT2D eigenvalue weighted by Gasteiger charge is -2.22. The van der Waals surface area contributed by atoms with Crippen LogP contribution in [0, 0.1) is 5.92 Å². The summed E-state index contributed by atoms with van der Waals surface area (Å²) in [4.78, 5) is 5.04. The maximum absolute atomic E-state index is 5.04. The van der Waals surface area contributed by atoms with E-state index in [1.807, 2.05) is 13.1 Å². The van der Waals surface area contributed by atoms with Gasteiger partial charge in [0.25, 0.3) is 0 Å². The van der Waals surface area contributed by atoms with Gasteiger partial charge in [0.2, 0.25) is 0 Å². The van der Waals surface area contributed by atoms with Crippen LogP contribution in [0.1, 0.15) is 13.8 Å². The van der Waals surface area contributed by atoms with E-state index in [1.165, 1.54) is 0 Å². The smallest absolute Gasteiger partial charge is 0.0638 e. The van der Waals surface area contributed by atoms with Gasteiger partial charge in [-0.05, 0) is 12.0 Å². The second-order valence-electron chi connectivity index (χ2n) is 2.66. The Kier molecular flexibility index (Phi) is 4.62. The topological polar surface area (TPSA) is 12.5 Å². The Morgan fingerprint density at radius 2 is 2.09 bits per heavy atom. The number of hydrogen-bond donors (Lipinski definition) is 0. The fourth-order valence-electron chi connectivity index (χ4n) is 0.887. The van der Waals surface area contributed by atoms with Gasteiger partial charge in [-0.15, -0.1) is 0 Å². The van der Waals surface area contributed by atoms with E-state index in [0.717, 1.165) is 5.70 Å². The van der Waals surface area contributed by atoms with Gasteiger partial charge >= 0.3 is 0 Å². The minimum Gasteiger partial charge on any atom is -0.277 e. The van der Waals surface area contributed by atoms with Crippen molar-refractivity contribution in [3.05, 3.63) is 24.4 Å². The van der Waals surface area contributed by atoms with E-state index in [1.54, 1.807) is 18.2 Å². The molecule has 0 rings (SSSR count). The van der Waals surface area contributed by atoms with Crippen molar-refractivity contribution in [1.82, 2.24) is 5.06 Å². The minimum atomic E-state index is 0.456. The van der Waals surface area contributed by atoms with Crippen LogP contribution < -0.4 is 0 Å². The van der Waals surface area contributed by atoms with Crippen molar-refractivity contribution < 1.29 is 4.84 Å². The van der Waals surface area contributed by atoms with E-state index in [0.29, 0.717) is 5.92 Å². The van der Waals surface area contributed by atoms with Gasteiger partial charge in [-0.1, -0.05) is 26.5 Å². The molecule has 0 N–H and O–H groups in total. The standard InChI is InChI=1S/C9H17NO/c1-6-7-9(8(2)3)10(4)11-5/h6-8H,1H2,2-5H3/b9-7-. The van der Waals surface area contributed by atoms with Crippen molar-refractivity contribution in [3.8, 4) is 0 Å². The minimum absolute atomic E-state index is 0.456. The van der Waals surface area contributed by atoms with Crippen LogP contribution in [0.2, 0.25) is 0 Å². The fraction of sp³-hybridized carbons (Fsp3) is 0.556. The van der Waals surface area contributed by atoms with Gasteiger partial charge in [0, 0.05) is 12.7 Å². The van der Waals surface area contributed by atoms with Crippen molar-refractivity contribution in [2.75, 3.05) is 14.2 Å². The Balaban J connectivity index is 4.33. The van der Waals surface area contributed by atoms with Gasteiger partial charge in [0.05, 0.1) is 7.11 Å². The molecule has 0 radical (unpaired) electrons. The number of rotatable bonds is 4. The maximum atomic E-state index is 5.04. The molecule has 0 saturated carbocycles. The number of allylic oxidation sites excluding steroid dienone is 3. The summed E-state index contributed by atoms with van der Waals surface area (Å²) in [6, 6.07) is 0. The molecule has 0 fully saturated rings. The summed E-state index contributed by atoms with van der Waals surface area (Å²) in [7, 11) is 3.54. The van der Waals surface area contributed by atoms with E-state index >= 15 is 0 Å². The lowest BCUT2D eigenvalue weighted by atomic mass is 10.1. The molecule has 11 heavy (non-hydrogen) atoms. The Morgan fingerprint density at radius 1 is 1.55 bits per heavy atom. The van der Waals surface area contributed by atoms with Crippen molar-refractivity contribution in [2.45, 2.75) is 13.8 Å². The zero-order chi connectivity index (χ0) is 8.85. The lowest BCUT2D eigenvalue weighted by Crippen LogP contribution is -2.19. The van der Waals surface area contributed by atoms with Crippen LogP contribution in [-0.4, -0.2) is 19.2 Å². The fourth-order valence-corrected chi connectivity index (χ4v) is 0.887. The first-order valence-electron chi connectivity index (χ1n) is 3.74. The molecule has 2 nitrogen and oxygen atoms in total. The molecule has 0 spiro atoms. The van der Waals surface area contributed by atoms with E-state index in [2.05, 4.69) is 20.4 Å². The third-order valence-corrected chi connectivity index (χ3v) is 1.52. The molecule has 0 atom stereocenters. The van der Waals surface area contributed by atoms with Crippen LogP contribution in [0.4, 0.5) is 0 Å². The summed E-state index contributed by atoms with van der Waals surface area (Å²) in [6.45, 7) is 7.87. The molecule has 0 aromatic rings. The molecule has 0 bridgehead atoms. The highest BCUT2D eigenvalue weighted by molar-refractivity contribution is 5.09. The third-order valence-electron chi connectivity index (χ3n) is 1.52. The summed E-state index contributed by atoms with van der Waals surface area (Å²) in [6.07, 6.45) is 3.72. The van der Waals surface area contributed by atoms with Crippen LogP contribution in [0.5, 0.6) is 0 Å². The molecule has 0 unspecified atom stereocenters. The van der Waals surface area contributed by atoms with Gasteiger partial charge in [-0.2, -0.15) is 0 Å². The predicted octanol–water partition coefficient (Wildman–Crippen LogP) is 2.21. The largest absolute Gasteiger partial charge is 0.277 e. The normalized spacial score (nSPS) is 11.9. The lowest BCUT2D eigenvalue weighted by molar-refractivity contribution is -0.0840. The first-order chi connectivity index (χ1) is 5.13. The second kappa shape index (κ2) is 4.97. The Hall–Kier alpha value is -0.760. The van der Waals surface area contributed by atoms with Crippen LogP contribution in [0.3, 0.4) is 0 Å². The van der Waals surface area contributed by atoms with Gasteiger partial charge in [-0.25, -0.2) is 0 Å². The summed E-state index contributed by atoms with van der Waals surface area (Å²) in [5.41, 5.74) is 1.13. The maximum Gasteiger partial charge on any atom is 0.0638 e. The zero-order valence-corrected chi connectivity index (χ0v) is 7.79. The van der Waals surface area contributed by atoms with E-state index in [9.17, 15) is 0 Å². The first kappa shape index (κ1) is 10.2. The van der Waals surface area contributed by atoms with Gasteiger partial charge in [-0.3, -0.25) is 9.90 Å². The highest BCUT2D eigenvalue weighted by atomic mass is 16.7. The summed E-state index contributed by atoms with van der Waals surface area (Å²) in [5.74, 6) is 0.456. The van der Waals surface area contributed by atoms with Gasteiger partial charge in [0.15, 0.2) is 0 Å². The van der Waals surface area contributed by atoms with Crippen LogP contribution in [-0.2, 0) is 4.84 Å². The second-order valence-corrected chi connectivity index (χ2v) is 2.66. The first-order valence-corrected chi connectivity index (χ1v) is 3.74. The molecule has 0 aliphatic carbocycles. The number of nitrogens with zero attached hydrogens (tertiary/aromatic N) is 1. The van der Waals surface area contributed by atoms with Crippen LogP contribution in [0.25, 0.3) is 0 Å². The van der Waals surface area contributed by atoms with Gasteiger partial charge < -0.3 is 0 Å². The van der Waals surface area contributed by atoms with Crippen molar-refractivity contribution >= 4 is 0 Å².